The van der Waals surface area contributed by atoms with E-state index in [1.165, 1.54) is 24.3 Å². The molecule has 0 radical (unpaired) electrons. The Balaban J connectivity index is 1.71. The molecule has 2 atom stereocenters. The van der Waals surface area contributed by atoms with Gasteiger partial charge in [-0.15, -0.1) is 0 Å². The molecule has 34 heavy (non-hydrogen) atoms. The zero-order chi connectivity index (χ0) is 24.7. The summed E-state index contributed by atoms with van der Waals surface area (Å²) in [5.74, 6) is -2.45. The highest BCUT2D eigenvalue weighted by Gasteiger charge is 2.39. The monoisotopic (exact) mass is 483 g/mol. The van der Waals surface area contributed by atoms with E-state index in [0.29, 0.717) is 35.4 Å². The number of ether oxygens (including phenoxy) is 1. The van der Waals surface area contributed by atoms with Crippen molar-refractivity contribution in [3.63, 3.8) is 0 Å². The minimum atomic E-state index is -5.09. The van der Waals surface area contributed by atoms with Crippen molar-refractivity contribution in [2.75, 3.05) is 0 Å². The van der Waals surface area contributed by atoms with Gasteiger partial charge in [-0.3, -0.25) is 4.98 Å². The van der Waals surface area contributed by atoms with Crippen molar-refractivity contribution < 1.29 is 40.3 Å². The number of hydrogen-bond donors (Lipinski definition) is 0. The smallest absolute Gasteiger partial charge is 0.416 e. The number of esters is 1. The molecule has 4 rings (SSSR count). The van der Waals surface area contributed by atoms with Crippen LogP contribution in [0.2, 0.25) is 0 Å². The Morgan fingerprint density at radius 2 is 1.53 bits per heavy atom. The van der Waals surface area contributed by atoms with Gasteiger partial charge in [-0.25, -0.2) is 9.18 Å². The molecule has 2 aromatic carbocycles. The lowest BCUT2D eigenvalue weighted by Gasteiger charge is -2.33. The molecule has 1 aliphatic carbocycles. The normalized spacial score (nSPS) is 18.3. The van der Waals surface area contributed by atoms with Crippen LogP contribution in [-0.2, 0) is 23.5 Å². The van der Waals surface area contributed by atoms with Gasteiger partial charge < -0.3 is 4.74 Å². The Morgan fingerprint density at radius 3 is 2.12 bits per heavy atom. The van der Waals surface area contributed by atoms with Gasteiger partial charge in [0, 0.05) is 17.8 Å². The fourth-order valence-electron chi connectivity index (χ4n) is 4.06. The summed E-state index contributed by atoms with van der Waals surface area (Å²) in [6.07, 6.45) is -8.93. The van der Waals surface area contributed by atoms with Crippen LogP contribution in [0.25, 0.3) is 0 Å². The minimum absolute atomic E-state index is 0.0549. The number of benzene rings is 2. The maximum atomic E-state index is 13.5. The molecule has 0 saturated carbocycles. The lowest BCUT2D eigenvalue weighted by molar-refractivity contribution is -0.143. The van der Waals surface area contributed by atoms with Crippen molar-refractivity contribution in [3.8, 4) is 0 Å². The summed E-state index contributed by atoms with van der Waals surface area (Å²) in [7, 11) is 0. The third-order valence-electron chi connectivity index (χ3n) is 5.61. The third-order valence-corrected chi connectivity index (χ3v) is 5.61. The van der Waals surface area contributed by atoms with E-state index >= 15 is 0 Å². The fourth-order valence-corrected chi connectivity index (χ4v) is 4.06. The summed E-state index contributed by atoms with van der Waals surface area (Å²) in [4.78, 5) is 17.1. The second kappa shape index (κ2) is 8.73. The Kier molecular flexibility index (Phi) is 6.09. The van der Waals surface area contributed by atoms with E-state index in [1.54, 1.807) is 18.3 Å². The van der Waals surface area contributed by atoms with Gasteiger partial charge in [0.15, 0.2) is 0 Å². The van der Waals surface area contributed by atoms with Crippen molar-refractivity contribution in [1.29, 1.82) is 0 Å². The van der Waals surface area contributed by atoms with Crippen molar-refractivity contribution in [2.24, 2.45) is 0 Å². The van der Waals surface area contributed by atoms with Crippen LogP contribution in [0.15, 0.2) is 60.8 Å². The molecule has 0 saturated heterocycles. The van der Waals surface area contributed by atoms with Crippen LogP contribution in [-0.4, -0.2) is 17.1 Å². The molecule has 10 heteroatoms. The summed E-state index contributed by atoms with van der Waals surface area (Å²) in [6, 6.07) is 9.39. The number of halogens is 7. The molecule has 0 bridgehead atoms. The first-order valence-electron chi connectivity index (χ1n) is 10.1. The lowest BCUT2D eigenvalue weighted by Crippen LogP contribution is -2.32. The molecular weight excluding hydrogens is 467 g/mol. The summed E-state index contributed by atoms with van der Waals surface area (Å²) >= 11 is 0. The largest absolute Gasteiger partial charge is 0.458 e. The maximum absolute atomic E-state index is 13.5. The number of carbonyl (C=O) groups excluding carboxylic acids is 1. The Labute approximate surface area is 189 Å². The summed E-state index contributed by atoms with van der Waals surface area (Å²) < 4.78 is 98.0. The molecule has 1 heterocycles. The molecule has 2 unspecified atom stereocenters. The van der Waals surface area contributed by atoms with Crippen molar-refractivity contribution in [3.05, 3.63) is 100 Å². The number of aryl methyl sites for hydroxylation is 1. The molecule has 0 fully saturated rings. The van der Waals surface area contributed by atoms with E-state index in [4.69, 9.17) is 4.74 Å². The molecule has 3 nitrogen and oxygen atoms in total. The van der Waals surface area contributed by atoms with E-state index in [0.717, 1.165) is 0 Å². The average Bonchev–Trinajstić information content (AvgIpc) is 2.78. The topological polar surface area (TPSA) is 39.2 Å². The summed E-state index contributed by atoms with van der Waals surface area (Å²) in [5, 5.41) is 0. The first-order valence-corrected chi connectivity index (χ1v) is 10.1. The second-order valence-electron chi connectivity index (χ2n) is 7.85. The van der Waals surface area contributed by atoms with Gasteiger partial charge in [0.25, 0.3) is 0 Å². The van der Waals surface area contributed by atoms with E-state index < -0.39 is 52.9 Å². The SMILES string of the molecule is O=C(OC1CCc2ncccc2C1c1ccc(F)cc1)c1cc(C(F)(F)F)cc(C(F)(F)F)c1. The van der Waals surface area contributed by atoms with Crippen molar-refractivity contribution in [1.82, 2.24) is 4.98 Å². The summed E-state index contributed by atoms with van der Waals surface area (Å²) in [6.45, 7) is 0. The molecule has 1 aliphatic rings. The highest BCUT2D eigenvalue weighted by Crippen LogP contribution is 2.40. The molecule has 0 N–H and O–H groups in total. The molecule has 0 amide bonds. The van der Waals surface area contributed by atoms with Gasteiger partial charge in [0.1, 0.15) is 11.9 Å². The second-order valence-corrected chi connectivity index (χ2v) is 7.85. The number of nitrogens with zero attached hydrogens (tertiary/aromatic N) is 1. The van der Waals surface area contributed by atoms with Crippen LogP contribution in [0.1, 0.15) is 50.6 Å². The highest BCUT2D eigenvalue weighted by molar-refractivity contribution is 5.90. The van der Waals surface area contributed by atoms with Crippen LogP contribution in [0.5, 0.6) is 0 Å². The van der Waals surface area contributed by atoms with Gasteiger partial charge >= 0.3 is 18.3 Å². The molecule has 178 valence electrons. The highest BCUT2D eigenvalue weighted by atomic mass is 19.4. The Hall–Kier alpha value is -3.43. The van der Waals surface area contributed by atoms with E-state index in [1.807, 2.05) is 0 Å². The predicted molar refractivity (Wildman–Crippen MR) is 106 cm³/mol. The zero-order valence-corrected chi connectivity index (χ0v) is 17.3. The van der Waals surface area contributed by atoms with Gasteiger partial charge in [0.05, 0.1) is 16.7 Å². The molecular formula is C24H16F7NO2. The average molecular weight is 483 g/mol. The number of aromatic nitrogens is 1. The Morgan fingerprint density at radius 1 is 0.912 bits per heavy atom. The lowest BCUT2D eigenvalue weighted by atomic mass is 9.79. The molecule has 1 aromatic heterocycles. The van der Waals surface area contributed by atoms with Gasteiger partial charge in [-0.2, -0.15) is 26.3 Å². The standard InChI is InChI=1S/C24H16F7NO2/c25-17-5-3-13(4-6-17)21-18-2-1-9-32-19(18)7-8-20(21)34-22(33)14-10-15(23(26,27)28)12-16(11-14)24(29,30)31/h1-6,9-12,20-21H,7-8H2. The Bertz CT molecular complexity index is 1170. The minimum Gasteiger partial charge on any atom is -0.458 e. The number of carbonyl (C=O) groups is 1. The van der Waals surface area contributed by atoms with Crippen LogP contribution in [0.4, 0.5) is 30.7 Å². The van der Waals surface area contributed by atoms with Gasteiger partial charge in [-0.1, -0.05) is 18.2 Å². The molecule has 3 aromatic rings. The number of fused-ring (bicyclic) bond motifs is 1. The van der Waals surface area contributed by atoms with Crippen LogP contribution in [0.3, 0.4) is 0 Å². The van der Waals surface area contributed by atoms with Crippen LogP contribution >= 0.6 is 0 Å². The van der Waals surface area contributed by atoms with E-state index in [2.05, 4.69) is 4.98 Å². The van der Waals surface area contributed by atoms with Gasteiger partial charge in [0.2, 0.25) is 0 Å². The first-order chi connectivity index (χ1) is 15.9. The molecule has 0 spiro atoms. The predicted octanol–water partition coefficient (Wildman–Crippen LogP) is 6.56. The number of hydrogen-bond acceptors (Lipinski definition) is 3. The van der Waals surface area contributed by atoms with Crippen LogP contribution in [0, 0.1) is 5.82 Å². The fraction of sp³-hybridized carbons (Fsp3) is 0.250. The van der Waals surface area contributed by atoms with Crippen LogP contribution < -0.4 is 0 Å². The van der Waals surface area contributed by atoms with Gasteiger partial charge in [-0.05, 0) is 60.4 Å². The molecule has 0 aliphatic heterocycles. The third kappa shape index (κ3) is 4.90. The zero-order valence-electron chi connectivity index (χ0n) is 17.3. The number of alkyl halides is 6. The van der Waals surface area contributed by atoms with E-state index in [9.17, 15) is 35.5 Å². The number of pyridine rings is 1. The maximum Gasteiger partial charge on any atom is 0.416 e. The quantitative estimate of drug-likeness (QED) is 0.313. The van der Waals surface area contributed by atoms with E-state index in [-0.39, 0.29) is 12.5 Å². The van der Waals surface area contributed by atoms with Crippen molar-refractivity contribution >= 4 is 5.97 Å². The summed E-state index contributed by atoms with van der Waals surface area (Å²) in [5.41, 5.74) is -2.13. The van der Waals surface area contributed by atoms with Crippen molar-refractivity contribution in [2.45, 2.75) is 37.2 Å². The number of rotatable bonds is 3. The first kappa shape index (κ1) is 23.7.